The number of carbonyl (C=O) groups excluding carboxylic acids is 2. The summed E-state index contributed by atoms with van der Waals surface area (Å²) in [4.78, 5) is 33.6. The number of carbonyl (C=O) groups is 2. The van der Waals surface area contributed by atoms with Crippen LogP contribution in [0, 0.1) is 27.6 Å². The number of hydrogen-bond acceptors (Lipinski definition) is 5. The number of amides is 2. The molecule has 2 aromatic carbocycles. The van der Waals surface area contributed by atoms with E-state index in [1.165, 1.54) is 6.07 Å². The summed E-state index contributed by atoms with van der Waals surface area (Å²) in [6, 6.07) is 4.74. The zero-order valence-electron chi connectivity index (χ0n) is 12.9. The summed E-state index contributed by atoms with van der Waals surface area (Å²) in [5.41, 5.74) is 4.05. The Hall–Kier alpha value is -3.63. The van der Waals surface area contributed by atoms with Crippen LogP contribution < -0.4 is 16.4 Å². The molecule has 2 amide bonds. The van der Waals surface area contributed by atoms with E-state index in [9.17, 15) is 32.9 Å². The van der Waals surface area contributed by atoms with Gasteiger partial charge in [-0.25, -0.2) is 13.2 Å². The summed E-state index contributed by atoms with van der Waals surface area (Å²) in [5, 5.41) is 14.9. The Balaban J connectivity index is 2.01. The van der Waals surface area contributed by atoms with E-state index in [0.29, 0.717) is 6.07 Å². The van der Waals surface area contributed by atoms with Gasteiger partial charge in [-0.3, -0.25) is 19.7 Å². The summed E-state index contributed by atoms with van der Waals surface area (Å²) in [5.74, 6) is -6.50. The van der Waals surface area contributed by atoms with E-state index in [4.69, 9.17) is 5.73 Å². The summed E-state index contributed by atoms with van der Waals surface area (Å²) >= 11 is 0. The lowest BCUT2D eigenvalue weighted by Gasteiger charge is -2.09. The van der Waals surface area contributed by atoms with Crippen molar-refractivity contribution < 1.29 is 27.7 Å². The Morgan fingerprint density at radius 2 is 1.81 bits per heavy atom. The zero-order chi connectivity index (χ0) is 19.4. The molecule has 136 valence electrons. The van der Waals surface area contributed by atoms with Crippen molar-refractivity contribution in [1.29, 1.82) is 0 Å². The van der Waals surface area contributed by atoms with Crippen LogP contribution in [0.15, 0.2) is 30.3 Å². The standard InChI is InChI=1S/C15H11F3N4O4/c16-8-2-4-10(14(18)13(8)17)21-12(23)6-20-15(24)7-1-3-9(19)11(5-7)22(25)26/h1-5H,6,19H2,(H,20,24)(H,21,23). The highest BCUT2D eigenvalue weighted by atomic mass is 19.2. The molecule has 11 heteroatoms. The van der Waals surface area contributed by atoms with Crippen LogP contribution in [0.5, 0.6) is 0 Å². The predicted octanol–water partition coefficient (Wildman–Crippen LogP) is 1.96. The quantitative estimate of drug-likeness (QED) is 0.322. The first-order valence-electron chi connectivity index (χ1n) is 6.96. The number of nitrogen functional groups attached to an aromatic ring is 1. The SMILES string of the molecule is Nc1ccc(C(=O)NCC(=O)Nc2ccc(F)c(F)c2F)cc1[N+](=O)[O-]. The molecule has 0 aliphatic heterocycles. The fraction of sp³-hybridized carbons (Fsp3) is 0.0667. The first-order chi connectivity index (χ1) is 12.2. The summed E-state index contributed by atoms with van der Waals surface area (Å²) in [7, 11) is 0. The molecule has 0 atom stereocenters. The number of rotatable bonds is 5. The third-order valence-electron chi connectivity index (χ3n) is 3.21. The summed E-state index contributed by atoms with van der Waals surface area (Å²) in [6.07, 6.45) is 0. The maximum absolute atomic E-state index is 13.5. The first kappa shape index (κ1) is 18.7. The van der Waals surface area contributed by atoms with Gasteiger partial charge in [-0.15, -0.1) is 0 Å². The minimum atomic E-state index is -1.75. The van der Waals surface area contributed by atoms with Gasteiger partial charge in [0.15, 0.2) is 17.5 Å². The molecule has 0 spiro atoms. The van der Waals surface area contributed by atoms with E-state index >= 15 is 0 Å². The summed E-state index contributed by atoms with van der Waals surface area (Å²) < 4.78 is 39.3. The van der Waals surface area contributed by atoms with Crippen molar-refractivity contribution in [3.05, 3.63) is 63.5 Å². The van der Waals surface area contributed by atoms with E-state index in [-0.39, 0.29) is 11.3 Å². The van der Waals surface area contributed by atoms with Crippen LogP contribution >= 0.6 is 0 Å². The van der Waals surface area contributed by atoms with Crippen LogP contribution in [0.1, 0.15) is 10.4 Å². The number of halogens is 3. The molecule has 2 rings (SSSR count). The molecule has 0 bridgehead atoms. The molecule has 0 fully saturated rings. The van der Waals surface area contributed by atoms with Gasteiger partial charge in [0.1, 0.15) is 5.69 Å². The highest BCUT2D eigenvalue weighted by molar-refractivity contribution is 6.00. The van der Waals surface area contributed by atoms with Gasteiger partial charge in [0.05, 0.1) is 17.2 Å². The second kappa shape index (κ2) is 7.51. The number of nitrogens with one attached hydrogen (secondary N) is 2. The van der Waals surface area contributed by atoms with Crippen molar-refractivity contribution >= 4 is 28.9 Å². The number of benzene rings is 2. The maximum Gasteiger partial charge on any atom is 0.292 e. The second-order valence-electron chi connectivity index (χ2n) is 4.98. The Morgan fingerprint density at radius 3 is 2.46 bits per heavy atom. The molecule has 0 radical (unpaired) electrons. The number of nitrogens with zero attached hydrogens (tertiary/aromatic N) is 1. The van der Waals surface area contributed by atoms with Crippen LogP contribution in [-0.2, 0) is 4.79 Å². The van der Waals surface area contributed by atoms with Crippen LogP contribution in [0.4, 0.5) is 30.2 Å². The van der Waals surface area contributed by atoms with E-state index in [1.54, 1.807) is 0 Å². The molecule has 0 aliphatic carbocycles. The van der Waals surface area contributed by atoms with Gasteiger partial charge in [-0.2, -0.15) is 0 Å². The number of nitro benzene ring substituents is 1. The molecule has 0 saturated heterocycles. The van der Waals surface area contributed by atoms with Crippen molar-refractivity contribution in [3.63, 3.8) is 0 Å². The normalized spacial score (nSPS) is 10.3. The molecule has 0 aliphatic rings. The lowest BCUT2D eigenvalue weighted by atomic mass is 10.1. The smallest absolute Gasteiger partial charge is 0.292 e. The molecule has 0 saturated carbocycles. The van der Waals surface area contributed by atoms with Gasteiger partial charge in [0.2, 0.25) is 5.91 Å². The van der Waals surface area contributed by atoms with E-state index in [2.05, 4.69) is 5.32 Å². The van der Waals surface area contributed by atoms with Gasteiger partial charge in [-0.1, -0.05) is 0 Å². The largest absolute Gasteiger partial charge is 0.393 e. The topological polar surface area (TPSA) is 127 Å². The highest BCUT2D eigenvalue weighted by Gasteiger charge is 2.18. The van der Waals surface area contributed by atoms with Crippen LogP contribution in [0.2, 0.25) is 0 Å². The minimum Gasteiger partial charge on any atom is -0.393 e. The zero-order valence-corrected chi connectivity index (χ0v) is 12.9. The average Bonchev–Trinajstić information content (AvgIpc) is 2.60. The van der Waals surface area contributed by atoms with Crippen molar-refractivity contribution in [1.82, 2.24) is 5.32 Å². The maximum atomic E-state index is 13.5. The number of anilines is 2. The molecule has 4 N–H and O–H groups in total. The number of hydrogen-bond donors (Lipinski definition) is 3. The minimum absolute atomic E-state index is 0.127. The van der Waals surface area contributed by atoms with Gasteiger partial charge < -0.3 is 16.4 Å². The van der Waals surface area contributed by atoms with Gasteiger partial charge in [-0.05, 0) is 24.3 Å². The Labute approximate surface area is 143 Å². The van der Waals surface area contributed by atoms with Crippen molar-refractivity contribution in [2.75, 3.05) is 17.6 Å². The van der Waals surface area contributed by atoms with Crippen LogP contribution in [0.25, 0.3) is 0 Å². The van der Waals surface area contributed by atoms with E-state index in [1.807, 2.05) is 5.32 Å². The molecule has 26 heavy (non-hydrogen) atoms. The second-order valence-corrected chi connectivity index (χ2v) is 4.98. The molecular formula is C15H11F3N4O4. The van der Waals surface area contributed by atoms with Crippen LogP contribution in [-0.4, -0.2) is 23.3 Å². The summed E-state index contributed by atoms with van der Waals surface area (Å²) in [6.45, 7) is -0.643. The molecule has 0 aromatic heterocycles. The molecule has 0 unspecified atom stereocenters. The van der Waals surface area contributed by atoms with Gasteiger partial charge >= 0.3 is 0 Å². The van der Waals surface area contributed by atoms with Gasteiger partial charge in [0, 0.05) is 11.6 Å². The lowest BCUT2D eigenvalue weighted by molar-refractivity contribution is -0.383. The van der Waals surface area contributed by atoms with E-state index < -0.39 is 52.1 Å². The number of nitrogens with two attached hydrogens (primary N) is 1. The molecular weight excluding hydrogens is 357 g/mol. The molecule has 2 aromatic rings. The lowest BCUT2D eigenvalue weighted by Crippen LogP contribution is -2.33. The predicted molar refractivity (Wildman–Crippen MR) is 84.8 cm³/mol. The third-order valence-corrected chi connectivity index (χ3v) is 3.21. The Kier molecular flexibility index (Phi) is 5.40. The average molecular weight is 368 g/mol. The molecule has 0 heterocycles. The van der Waals surface area contributed by atoms with E-state index in [0.717, 1.165) is 18.2 Å². The monoisotopic (exact) mass is 368 g/mol. The number of nitro groups is 1. The van der Waals surface area contributed by atoms with Crippen molar-refractivity contribution in [3.8, 4) is 0 Å². The highest BCUT2D eigenvalue weighted by Crippen LogP contribution is 2.22. The molecule has 8 nitrogen and oxygen atoms in total. The fourth-order valence-corrected chi connectivity index (χ4v) is 1.92. The Morgan fingerprint density at radius 1 is 1.12 bits per heavy atom. The van der Waals surface area contributed by atoms with Crippen molar-refractivity contribution in [2.45, 2.75) is 0 Å². The van der Waals surface area contributed by atoms with Crippen LogP contribution in [0.3, 0.4) is 0 Å². The Bertz CT molecular complexity index is 905. The fourth-order valence-electron chi connectivity index (χ4n) is 1.92. The van der Waals surface area contributed by atoms with Crippen molar-refractivity contribution in [2.24, 2.45) is 0 Å². The van der Waals surface area contributed by atoms with Gasteiger partial charge in [0.25, 0.3) is 11.6 Å². The third kappa shape index (κ3) is 4.06. The first-order valence-corrected chi connectivity index (χ1v) is 6.96.